The highest BCUT2D eigenvalue weighted by molar-refractivity contribution is 5.84. The van der Waals surface area contributed by atoms with Gasteiger partial charge in [-0.3, -0.25) is 29.3 Å². The van der Waals surface area contributed by atoms with Crippen molar-refractivity contribution in [3.05, 3.63) is 0 Å². The second-order valence-electron chi connectivity index (χ2n) is 7.24. The Morgan fingerprint density at radius 2 is 1.43 bits per heavy atom. The molecule has 0 aromatic carbocycles. The molecule has 30 heavy (non-hydrogen) atoms. The first kappa shape index (κ1) is 23.5. The summed E-state index contributed by atoms with van der Waals surface area (Å²) in [6.45, 7) is 7.00. The highest BCUT2D eigenvalue weighted by Crippen LogP contribution is 2.44. The fraction of sp³-hybridized carbons (Fsp3) is 0.722. The molecule has 0 aliphatic carbocycles. The van der Waals surface area contributed by atoms with Gasteiger partial charge in [-0.15, -0.1) is 0 Å². The van der Waals surface area contributed by atoms with Gasteiger partial charge in [0, 0.05) is 41.5 Å². The van der Waals surface area contributed by atoms with Crippen molar-refractivity contribution in [1.29, 1.82) is 5.41 Å². The average molecular weight is 431 g/mol. The van der Waals surface area contributed by atoms with Crippen LogP contribution in [-0.4, -0.2) is 72.4 Å². The lowest BCUT2D eigenvalue weighted by Gasteiger charge is -2.47. The summed E-state index contributed by atoms with van der Waals surface area (Å²) in [6.07, 6.45) is -5.61. The van der Waals surface area contributed by atoms with Gasteiger partial charge in [0.1, 0.15) is 12.7 Å². The van der Waals surface area contributed by atoms with Crippen molar-refractivity contribution in [2.75, 3.05) is 6.61 Å². The van der Waals surface area contributed by atoms with E-state index in [0.29, 0.717) is 0 Å². The smallest absolute Gasteiger partial charge is 0.303 e. The van der Waals surface area contributed by atoms with E-state index in [1.807, 2.05) is 0 Å². The molecule has 12 heteroatoms. The Kier molecular flexibility index (Phi) is 6.72. The van der Waals surface area contributed by atoms with E-state index in [9.17, 15) is 19.2 Å². The molecular formula is C18H25NO11. The first-order chi connectivity index (χ1) is 13.8. The number of rotatable bonds is 5. The zero-order chi connectivity index (χ0) is 22.9. The Labute approximate surface area is 172 Å². The maximum absolute atomic E-state index is 11.8. The number of nitrogens with one attached hydrogen (secondary N) is 1. The lowest BCUT2D eigenvalue weighted by atomic mass is 9.91. The molecule has 2 aliphatic rings. The lowest BCUT2D eigenvalue weighted by molar-refractivity contribution is -0.352. The third-order valence-electron chi connectivity index (χ3n) is 4.10. The predicted octanol–water partition coefficient (Wildman–Crippen LogP) is 0.200. The molecule has 0 aromatic heterocycles. The van der Waals surface area contributed by atoms with E-state index in [2.05, 4.69) is 0 Å². The molecule has 0 aromatic rings. The Morgan fingerprint density at radius 3 is 1.87 bits per heavy atom. The Balaban J connectivity index is 2.59. The van der Waals surface area contributed by atoms with Crippen molar-refractivity contribution in [2.45, 2.75) is 77.5 Å². The largest absolute Gasteiger partial charge is 0.463 e. The van der Waals surface area contributed by atoms with Crippen molar-refractivity contribution in [2.24, 2.45) is 0 Å². The minimum absolute atomic E-state index is 0.434. The summed E-state index contributed by atoms with van der Waals surface area (Å²) in [5, 5.41) is 8.29. The zero-order valence-electron chi connectivity index (χ0n) is 17.5. The lowest BCUT2D eigenvalue weighted by Crippen LogP contribution is -2.70. The van der Waals surface area contributed by atoms with Crippen LogP contribution in [0.5, 0.6) is 0 Å². The zero-order valence-corrected chi connectivity index (χ0v) is 17.5. The number of ether oxygens (including phenoxy) is 7. The fourth-order valence-electron chi connectivity index (χ4n) is 3.28. The summed E-state index contributed by atoms with van der Waals surface area (Å²) >= 11 is 0. The predicted molar refractivity (Wildman–Crippen MR) is 94.9 cm³/mol. The van der Waals surface area contributed by atoms with Crippen LogP contribution in [0.3, 0.4) is 0 Å². The number of hydrogen-bond acceptors (Lipinski definition) is 12. The quantitative estimate of drug-likeness (QED) is 0.468. The van der Waals surface area contributed by atoms with Crippen LogP contribution in [-0.2, 0) is 52.3 Å². The summed E-state index contributed by atoms with van der Waals surface area (Å²) in [4.78, 5) is 46.6. The van der Waals surface area contributed by atoms with E-state index in [-0.39, 0.29) is 0 Å². The second kappa shape index (κ2) is 8.56. The second-order valence-corrected chi connectivity index (χ2v) is 7.24. The van der Waals surface area contributed by atoms with Crippen LogP contribution in [0.1, 0.15) is 41.5 Å². The minimum atomic E-state index is -2.14. The molecule has 1 spiro atoms. The van der Waals surface area contributed by atoms with Gasteiger partial charge >= 0.3 is 23.9 Å². The molecule has 2 rings (SSSR count). The van der Waals surface area contributed by atoms with Crippen LogP contribution in [0.15, 0.2) is 0 Å². The molecule has 0 radical (unpaired) electrons. The van der Waals surface area contributed by atoms with E-state index in [1.54, 1.807) is 0 Å². The highest BCUT2D eigenvalue weighted by atomic mass is 16.9. The number of carbonyl (C=O) groups is 4. The summed E-state index contributed by atoms with van der Waals surface area (Å²) in [7, 11) is 0. The first-order valence-electron chi connectivity index (χ1n) is 9.08. The standard InChI is InChI=1S/C18H25NO11/c1-8(20)24-7-12-13(25-9(2)21)14(26-10(3)22)15(27-11(4)23)18(28-12)16(19)29-17(5,6)30-18/h12-15,19H,7H2,1-6H3/t12-,13-,14+,15-,18-/m1/s1. The van der Waals surface area contributed by atoms with Crippen molar-refractivity contribution < 1.29 is 52.3 Å². The van der Waals surface area contributed by atoms with Gasteiger partial charge in [0.15, 0.2) is 12.2 Å². The first-order valence-corrected chi connectivity index (χ1v) is 9.08. The van der Waals surface area contributed by atoms with E-state index in [4.69, 9.17) is 38.6 Å². The van der Waals surface area contributed by atoms with Crippen LogP contribution < -0.4 is 0 Å². The van der Waals surface area contributed by atoms with Crippen molar-refractivity contribution >= 4 is 29.8 Å². The SMILES string of the molecule is CC(=O)OC[C@H]1O[C@@]2(OC(C)(C)OC2=N)[C@H](OC(C)=O)[C@@H](OC(C)=O)[C@@H]1OC(C)=O. The molecule has 168 valence electrons. The van der Waals surface area contributed by atoms with Crippen LogP contribution in [0.25, 0.3) is 0 Å². The Bertz CT molecular complexity index is 748. The van der Waals surface area contributed by atoms with Crippen molar-refractivity contribution in [1.82, 2.24) is 0 Å². The van der Waals surface area contributed by atoms with Gasteiger partial charge < -0.3 is 28.4 Å². The average Bonchev–Trinajstić information content (AvgIpc) is 2.79. The maximum atomic E-state index is 11.8. The topological polar surface area (TPSA) is 157 Å². The molecule has 2 saturated heterocycles. The molecule has 0 unspecified atom stereocenters. The van der Waals surface area contributed by atoms with Gasteiger partial charge in [-0.05, 0) is 0 Å². The van der Waals surface area contributed by atoms with E-state index >= 15 is 0 Å². The maximum Gasteiger partial charge on any atom is 0.303 e. The van der Waals surface area contributed by atoms with Crippen LogP contribution >= 0.6 is 0 Å². The number of esters is 4. The van der Waals surface area contributed by atoms with Gasteiger partial charge in [-0.2, -0.15) is 0 Å². The molecule has 2 aliphatic heterocycles. The summed E-state index contributed by atoms with van der Waals surface area (Å²) in [5.41, 5.74) is 0. The summed E-state index contributed by atoms with van der Waals surface area (Å²) in [5.74, 6) is -7.08. The molecular weight excluding hydrogens is 406 g/mol. The third kappa shape index (κ3) is 5.05. The molecule has 0 amide bonds. The van der Waals surface area contributed by atoms with Gasteiger partial charge in [0.2, 0.25) is 17.8 Å². The number of hydrogen-bond donors (Lipinski definition) is 1. The summed E-state index contributed by atoms with van der Waals surface area (Å²) < 4.78 is 37.9. The Morgan fingerprint density at radius 1 is 0.900 bits per heavy atom. The van der Waals surface area contributed by atoms with Crippen LogP contribution in [0.2, 0.25) is 0 Å². The molecule has 0 bridgehead atoms. The molecule has 1 N–H and O–H groups in total. The third-order valence-corrected chi connectivity index (χ3v) is 4.10. The molecule has 5 atom stereocenters. The van der Waals surface area contributed by atoms with Crippen molar-refractivity contribution in [3.63, 3.8) is 0 Å². The van der Waals surface area contributed by atoms with Crippen LogP contribution in [0, 0.1) is 5.41 Å². The van der Waals surface area contributed by atoms with Crippen molar-refractivity contribution in [3.8, 4) is 0 Å². The number of carbonyl (C=O) groups excluding carboxylic acids is 4. The van der Waals surface area contributed by atoms with Gasteiger partial charge in [-0.1, -0.05) is 0 Å². The van der Waals surface area contributed by atoms with E-state index < -0.39 is 72.4 Å². The summed E-state index contributed by atoms with van der Waals surface area (Å²) in [6, 6.07) is 0. The molecule has 2 heterocycles. The van der Waals surface area contributed by atoms with Gasteiger partial charge in [0.25, 0.3) is 5.79 Å². The normalized spacial score (nSPS) is 32.1. The monoisotopic (exact) mass is 431 g/mol. The van der Waals surface area contributed by atoms with E-state index in [0.717, 1.165) is 27.7 Å². The highest BCUT2D eigenvalue weighted by Gasteiger charge is 2.69. The van der Waals surface area contributed by atoms with Crippen LogP contribution in [0.4, 0.5) is 0 Å². The van der Waals surface area contributed by atoms with Gasteiger partial charge in [0.05, 0.1) is 0 Å². The molecule has 2 fully saturated rings. The van der Waals surface area contributed by atoms with E-state index in [1.165, 1.54) is 13.8 Å². The fourth-order valence-corrected chi connectivity index (χ4v) is 3.28. The Hall–Kier alpha value is -2.73. The minimum Gasteiger partial charge on any atom is -0.463 e. The molecule has 0 saturated carbocycles. The van der Waals surface area contributed by atoms with Gasteiger partial charge in [-0.25, -0.2) is 0 Å². The molecule has 12 nitrogen and oxygen atoms in total.